The van der Waals surface area contributed by atoms with E-state index in [4.69, 9.17) is 4.74 Å². The second-order valence-corrected chi connectivity index (χ2v) is 4.94. The molecule has 0 saturated heterocycles. The molecule has 0 radical (unpaired) electrons. The molecule has 0 amide bonds. The Morgan fingerprint density at radius 2 is 1.90 bits per heavy atom. The van der Waals surface area contributed by atoms with Gasteiger partial charge in [0.05, 0.1) is 18.5 Å². The van der Waals surface area contributed by atoms with Gasteiger partial charge in [0, 0.05) is 0 Å². The molecule has 7 heteroatoms. The van der Waals surface area contributed by atoms with Gasteiger partial charge in [-0.3, -0.25) is 0 Å². The minimum absolute atomic E-state index is 0.648. The van der Waals surface area contributed by atoms with E-state index >= 15 is 0 Å². The molecule has 0 aliphatic heterocycles. The normalized spacial score (nSPS) is 10.9. The van der Waals surface area contributed by atoms with Gasteiger partial charge < -0.3 is 4.74 Å². The number of ether oxygens (including phenoxy) is 1. The van der Waals surface area contributed by atoms with Crippen molar-refractivity contribution >= 4 is 22.9 Å². The summed E-state index contributed by atoms with van der Waals surface area (Å²) >= 11 is 1.46. The van der Waals surface area contributed by atoms with Crippen LogP contribution in [0.25, 0.3) is 16.9 Å². The van der Waals surface area contributed by atoms with Crippen LogP contribution >= 0.6 is 11.8 Å². The van der Waals surface area contributed by atoms with Crippen molar-refractivity contribution in [3.8, 4) is 11.4 Å². The highest BCUT2D eigenvalue weighted by molar-refractivity contribution is 7.98. The van der Waals surface area contributed by atoms with Gasteiger partial charge in [-0.2, -0.15) is 5.10 Å². The van der Waals surface area contributed by atoms with Crippen molar-refractivity contribution in [1.29, 1.82) is 0 Å². The Hall–Kier alpha value is -2.15. The highest BCUT2D eigenvalue weighted by atomic mass is 32.2. The first-order valence-electron chi connectivity index (χ1n) is 6.01. The van der Waals surface area contributed by atoms with Gasteiger partial charge in [0.1, 0.15) is 11.3 Å². The van der Waals surface area contributed by atoms with Gasteiger partial charge in [0.2, 0.25) is 10.8 Å². The molecule has 2 heterocycles. The maximum Gasteiger partial charge on any atom is 0.209 e. The van der Waals surface area contributed by atoms with E-state index in [2.05, 4.69) is 20.3 Å². The van der Waals surface area contributed by atoms with Gasteiger partial charge in [-0.25, -0.2) is 9.67 Å². The number of aryl methyl sites for hydroxylation is 1. The van der Waals surface area contributed by atoms with Crippen molar-refractivity contribution in [2.75, 3.05) is 13.4 Å². The smallest absolute Gasteiger partial charge is 0.209 e. The van der Waals surface area contributed by atoms with Crippen LogP contribution in [0.3, 0.4) is 0 Å². The number of rotatable bonds is 3. The fourth-order valence-electron chi connectivity index (χ4n) is 1.93. The van der Waals surface area contributed by atoms with E-state index in [9.17, 15) is 0 Å². The Balaban J connectivity index is 2.15. The minimum Gasteiger partial charge on any atom is -0.497 e. The lowest BCUT2D eigenvalue weighted by atomic mass is 10.3. The number of benzene rings is 1. The summed E-state index contributed by atoms with van der Waals surface area (Å²) in [4.78, 5) is 4.45. The van der Waals surface area contributed by atoms with Crippen molar-refractivity contribution in [2.24, 2.45) is 0 Å². The van der Waals surface area contributed by atoms with Gasteiger partial charge in [-0.15, -0.1) is 10.2 Å². The fraction of sp³-hybridized carbons (Fsp3) is 0.231. The highest BCUT2D eigenvalue weighted by Crippen LogP contribution is 2.21. The standard InChI is InChI=1S/C13H13N5OS/c1-8-11-12(15-16-13(14-11)20-3)18(17-8)9-4-6-10(19-2)7-5-9/h4-7H,1-3H3. The summed E-state index contributed by atoms with van der Waals surface area (Å²) in [6.45, 7) is 1.92. The molecule has 0 unspecified atom stereocenters. The predicted molar refractivity (Wildman–Crippen MR) is 77.5 cm³/mol. The zero-order chi connectivity index (χ0) is 14.1. The lowest BCUT2D eigenvalue weighted by molar-refractivity contribution is 0.414. The number of fused-ring (bicyclic) bond motifs is 1. The van der Waals surface area contributed by atoms with E-state index in [1.165, 1.54) is 11.8 Å². The molecular weight excluding hydrogens is 274 g/mol. The molecule has 102 valence electrons. The van der Waals surface area contributed by atoms with Gasteiger partial charge in [-0.1, -0.05) is 11.8 Å². The third kappa shape index (κ3) is 2.09. The number of nitrogens with zero attached hydrogens (tertiary/aromatic N) is 5. The molecular formula is C13H13N5OS. The Morgan fingerprint density at radius 3 is 2.55 bits per heavy atom. The number of thioether (sulfide) groups is 1. The zero-order valence-corrected chi connectivity index (χ0v) is 12.2. The predicted octanol–water partition coefficient (Wildman–Crippen LogP) is 2.25. The monoisotopic (exact) mass is 287 g/mol. The Labute approximate surface area is 120 Å². The van der Waals surface area contributed by atoms with Crippen LogP contribution in [0.5, 0.6) is 5.75 Å². The Kier molecular flexibility index (Phi) is 3.27. The van der Waals surface area contributed by atoms with E-state index in [1.807, 2.05) is 37.4 Å². The maximum atomic E-state index is 5.16. The van der Waals surface area contributed by atoms with Crippen LogP contribution in [0, 0.1) is 6.92 Å². The van der Waals surface area contributed by atoms with Crippen LogP contribution in [0.2, 0.25) is 0 Å². The molecule has 0 atom stereocenters. The summed E-state index contributed by atoms with van der Waals surface area (Å²) in [6.07, 6.45) is 1.92. The second-order valence-electron chi connectivity index (χ2n) is 4.17. The van der Waals surface area contributed by atoms with E-state index in [1.54, 1.807) is 11.8 Å². The summed E-state index contributed by atoms with van der Waals surface area (Å²) in [5, 5.41) is 13.4. The summed E-state index contributed by atoms with van der Waals surface area (Å²) in [5.74, 6) is 0.802. The van der Waals surface area contributed by atoms with Crippen LogP contribution < -0.4 is 4.74 Å². The second kappa shape index (κ2) is 5.09. The number of aromatic nitrogens is 5. The van der Waals surface area contributed by atoms with Crippen LogP contribution in [0.1, 0.15) is 5.69 Å². The van der Waals surface area contributed by atoms with Crippen molar-refractivity contribution in [3.05, 3.63) is 30.0 Å². The van der Waals surface area contributed by atoms with Gasteiger partial charge >= 0.3 is 0 Å². The Bertz CT molecular complexity index is 753. The van der Waals surface area contributed by atoms with Gasteiger partial charge in [0.15, 0.2) is 0 Å². The van der Waals surface area contributed by atoms with Crippen molar-refractivity contribution in [3.63, 3.8) is 0 Å². The zero-order valence-electron chi connectivity index (χ0n) is 11.4. The molecule has 0 spiro atoms. The summed E-state index contributed by atoms with van der Waals surface area (Å²) < 4.78 is 6.90. The first-order chi connectivity index (χ1) is 9.72. The molecule has 3 rings (SSSR count). The molecule has 0 bridgehead atoms. The van der Waals surface area contributed by atoms with Crippen molar-refractivity contribution in [2.45, 2.75) is 12.1 Å². The fourth-order valence-corrected chi connectivity index (χ4v) is 2.23. The lowest BCUT2D eigenvalue weighted by Crippen LogP contribution is -1.99. The summed E-state index contributed by atoms with van der Waals surface area (Å²) in [5.41, 5.74) is 3.17. The first kappa shape index (κ1) is 12.9. The van der Waals surface area contributed by atoms with Crippen molar-refractivity contribution in [1.82, 2.24) is 25.0 Å². The minimum atomic E-state index is 0.648. The molecule has 1 aromatic carbocycles. The third-order valence-electron chi connectivity index (χ3n) is 2.94. The van der Waals surface area contributed by atoms with Crippen LogP contribution in [0.15, 0.2) is 29.4 Å². The topological polar surface area (TPSA) is 65.7 Å². The number of hydrogen-bond donors (Lipinski definition) is 0. The van der Waals surface area contributed by atoms with E-state index in [0.29, 0.717) is 10.8 Å². The molecule has 6 nitrogen and oxygen atoms in total. The summed E-state index contributed by atoms with van der Waals surface area (Å²) in [7, 11) is 1.64. The number of hydrogen-bond acceptors (Lipinski definition) is 6. The highest BCUT2D eigenvalue weighted by Gasteiger charge is 2.13. The molecule has 20 heavy (non-hydrogen) atoms. The molecule has 0 saturated carbocycles. The molecule has 0 aliphatic carbocycles. The van der Waals surface area contributed by atoms with Gasteiger partial charge in [-0.05, 0) is 37.4 Å². The molecule has 3 aromatic rings. The van der Waals surface area contributed by atoms with E-state index in [-0.39, 0.29) is 0 Å². The SMILES string of the molecule is COc1ccc(-n2nc(C)c3nc(SC)nnc32)cc1. The largest absolute Gasteiger partial charge is 0.497 e. The Morgan fingerprint density at radius 1 is 1.15 bits per heavy atom. The third-order valence-corrected chi connectivity index (χ3v) is 3.48. The van der Waals surface area contributed by atoms with E-state index in [0.717, 1.165) is 22.6 Å². The van der Waals surface area contributed by atoms with Gasteiger partial charge in [0.25, 0.3) is 0 Å². The molecule has 0 N–H and O–H groups in total. The molecule has 0 fully saturated rings. The quantitative estimate of drug-likeness (QED) is 0.688. The molecule has 2 aromatic heterocycles. The first-order valence-corrected chi connectivity index (χ1v) is 7.24. The average molecular weight is 287 g/mol. The lowest BCUT2D eigenvalue weighted by Gasteiger charge is -2.04. The molecule has 0 aliphatic rings. The van der Waals surface area contributed by atoms with Crippen LogP contribution in [-0.2, 0) is 0 Å². The maximum absolute atomic E-state index is 5.16. The van der Waals surface area contributed by atoms with E-state index < -0.39 is 0 Å². The van der Waals surface area contributed by atoms with Crippen LogP contribution in [0.4, 0.5) is 0 Å². The summed E-state index contributed by atoms with van der Waals surface area (Å²) in [6, 6.07) is 7.62. The average Bonchev–Trinajstić information content (AvgIpc) is 2.84. The van der Waals surface area contributed by atoms with Crippen molar-refractivity contribution < 1.29 is 4.74 Å². The van der Waals surface area contributed by atoms with Crippen LogP contribution in [-0.4, -0.2) is 38.3 Å². The number of methoxy groups -OCH3 is 1.